The van der Waals surface area contributed by atoms with Crippen molar-refractivity contribution < 1.29 is 9.53 Å². The third-order valence-electron chi connectivity index (χ3n) is 3.30. The molecule has 1 fully saturated rings. The van der Waals surface area contributed by atoms with Crippen LogP contribution in [-0.4, -0.2) is 25.7 Å². The minimum Gasteiger partial charge on any atom is -0.465 e. The summed E-state index contributed by atoms with van der Waals surface area (Å²) in [6.45, 7) is 4.59. The fraction of sp³-hybridized carbons (Fsp3) is 0.917. The molecule has 0 aromatic carbocycles. The second-order valence-electron chi connectivity index (χ2n) is 4.55. The van der Waals surface area contributed by atoms with Crippen molar-refractivity contribution in [2.45, 2.75) is 45.6 Å². The topological polar surface area (TPSA) is 38.3 Å². The number of rotatable bonds is 4. The Morgan fingerprint density at radius 2 is 2.27 bits per heavy atom. The van der Waals surface area contributed by atoms with E-state index in [9.17, 15) is 4.79 Å². The van der Waals surface area contributed by atoms with Crippen molar-refractivity contribution in [1.82, 2.24) is 5.32 Å². The predicted molar refractivity (Wildman–Crippen MR) is 60.6 cm³/mol. The largest absolute Gasteiger partial charge is 0.465 e. The number of carbonyl (C=O) groups is 1. The summed E-state index contributed by atoms with van der Waals surface area (Å²) in [6, 6.07) is -0.104. The molecule has 1 saturated carbocycles. The van der Waals surface area contributed by atoms with Crippen LogP contribution in [0.5, 0.6) is 0 Å². The highest BCUT2D eigenvalue weighted by molar-refractivity contribution is 5.76. The van der Waals surface area contributed by atoms with E-state index in [0.717, 1.165) is 18.8 Å². The van der Waals surface area contributed by atoms with Gasteiger partial charge in [-0.1, -0.05) is 19.8 Å². The minimum absolute atomic E-state index is 0.0842. The molecule has 0 aromatic heterocycles. The van der Waals surface area contributed by atoms with E-state index in [1.54, 1.807) is 0 Å². The number of hydrogen-bond donors (Lipinski definition) is 1. The van der Waals surface area contributed by atoms with E-state index in [2.05, 4.69) is 12.2 Å². The molecule has 1 N–H and O–H groups in total. The summed E-state index contributed by atoms with van der Waals surface area (Å²) in [7, 11) is 1.85. The zero-order chi connectivity index (χ0) is 11.3. The van der Waals surface area contributed by atoms with Gasteiger partial charge in [-0.3, -0.25) is 4.79 Å². The smallest absolute Gasteiger partial charge is 0.323 e. The molecule has 1 aliphatic carbocycles. The van der Waals surface area contributed by atoms with Crippen LogP contribution in [-0.2, 0) is 9.53 Å². The SMILES string of the molecule is CCOC(=O)C(NC)C1CCCC(C)C1. The highest BCUT2D eigenvalue weighted by atomic mass is 16.5. The molecule has 0 heterocycles. The number of esters is 1. The van der Waals surface area contributed by atoms with Crippen LogP contribution in [0.15, 0.2) is 0 Å². The highest BCUT2D eigenvalue weighted by Gasteiger charge is 2.31. The zero-order valence-electron chi connectivity index (χ0n) is 10.1. The van der Waals surface area contributed by atoms with E-state index in [0.29, 0.717) is 12.5 Å². The monoisotopic (exact) mass is 213 g/mol. The van der Waals surface area contributed by atoms with Gasteiger partial charge >= 0.3 is 5.97 Å². The van der Waals surface area contributed by atoms with Gasteiger partial charge in [-0.15, -0.1) is 0 Å². The number of nitrogens with one attached hydrogen (secondary N) is 1. The van der Waals surface area contributed by atoms with Gasteiger partial charge in [0.1, 0.15) is 6.04 Å². The Hall–Kier alpha value is -0.570. The van der Waals surface area contributed by atoms with Crippen molar-refractivity contribution in [2.75, 3.05) is 13.7 Å². The molecule has 3 heteroatoms. The van der Waals surface area contributed by atoms with Gasteiger partial charge in [-0.2, -0.15) is 0 Å². The Kier molecular flexibility index (Phi) is 5.09. The maximum atomic E-state index is 11.7. The Balaban J connectivity index is 2.52. The molecule has 88 valence electrons. The van der Waals surface area contributed by atoms with Crippen molar-refractivity contribution in [1.29, 1.82) is 0 Å². The van der Waals surface area contributed by atoms with Crippen LogP contribution < -0.4 is 5.32 Å². The Morgan fingerprint density at radius 3 is 2.80 bits per heavy atom. The van der Waals surface area contributed by atoms with Crippen molar-refractivity contribution >= 4 is 5.97 Å². The van der Waals surface area contributed by atoms with Crippen molar-refractivity contribution in [3.63, 3.8) is 0 Å². The van der Waals surface area contributed by atoms with Crippen LogP contribution in [0.2, 0.25) is 0 Å². The van der Waals surface area contributed by atoms with E-state index < -0.39 is 0 Å². The Morgan fingerprint density at radius 1 is 1.53 bits per heavy atom. The molecule has 0 spiro atoms. The molecule has 3 unspecified atom stereocenters. The van der Waals surface area contributed by atoms with Crippen LogP contribution in [0, 0.1) is 11.8 Å². The fourth-order valence-electron chi connectivity index (χ4n) is 2.56. The van der Waals surface area contributed by atoms with Gasteiger partial charge in [0, 0.05) is 0 Å². The maximum absolute atomic E-state index is 11.7. The summed E-state index contributed by atoms with van der Waals surface area (Å²) in [5.74, 6) is 1.12. The maximum Gasteiger partial charge on any atom is 0.323 e. The van der Waals surface area contributed by atoms with Crippen LogP contribution in [0.1, 0.15) is 39.5 Å². The first-order valence-corrected chi connectivity index (χ1v) is 6.03. The first kappa shape index (κ1) is 12.5. The zero-order valence-corrected chi connectivity index (χ0v) is 10.1. The molecule has 0 saturated heterocycles. The fourth-order valence-corrected chi connectivity index (χ4v) is 2.56. The Bertz CT molecular complexity index is 206. The number of ether oxygens (including phenoxy) is 1. The average Bonchev–Trinajstić information content (AvgIpc) is 2.19. The normalized spacial score (nSPS) is 28.5. The number of hydrogen-bond acceptors (Lipinski definition) is 3. The van der Waals surface area contributed by atoms with Gasteiger partial charge in [-0.25, -0.2) is 0 Å². The highest BCUT2D eigenvalue weighted by Crippen LogP contribution is 2.31. The third kappa shape index (κ3) is 3.49. The van der Waals surface area contributed by atoms with Crippen LogP contribution in [0.25, 0.3) is 0 Å². The lowest BCUT2D eigenvalue weighted by Crippen LogP contribution is -2.43. The Labute approximate surface area is 92.6 Å². The van der Waals surface area contributed by atoms with E-state index >= 15 is 0 Å². The predicted octanol–water partition coefficient (Wildman–Crippen LogP) is 1.96. The van der Waals surface area contributed by atoms with Crippen LogP contribution in [0.3, 0.4) is 0 Å². The van der Waals surface area contributed by atoms with Gasteiger partial charge in [0.05, 0.1) is 6.61 Å². The molecule has 3 atom stereocenters. The molecular formula is C12H23NO2. The molecule has 1 rings (SSSR count). The molecule has 15 heavy (non-hydrogen) atoms. The number of likely N-dealkylation sites (N-methyl/N-ethyl adjacent to an activating group) is 1. The second kappa shape index (κ2) is 6.11. The van der Waals surface area contributed by atoms with Crippen LogP contribution in [0.4, 0.5) is 0 Å². The van der Waals surface area contributed by atoms with E-state index in [-0.39, 0.29) is 12.0 Å². The van der Waals surface area contributed by atoms with Crippen molar-refractivity contribution in [2.24, 2.45) is 11.8 Å². The van der Waals surface area contributed by atoms with Crippen molar-refractivity contribution in [3.8, 4) is 0 Å². The van der Waals surface area contributed by atoms with E-state index in [4.69, 9.17) is 4.74 Å². The van der Waals surface area contributed by atoms with Gasteiger partial charge in [0.25, 0.3) is 0 Å². The third-order valence-corrected chi connectivity index (χ3v) is 3.30. The minimum atomic E-state index is -0.104. The quantitative estimate of drug-likeness (QED) is 0.726. The van der Waals surface area contributed by atoms with Gasteiger partial charge in [-0.05, 0) is 38.6 Å². The first-order valence-electron chi connectivity index (χ1n) is 6.03. The average molecular weight is 213 g/mol. The standard InChI is InChI=1S/C12H23NO2/c1-4-15-12(14)11(13-3)10-7-5-6-9(2)8-10/h9-11,13H,4-8H2,1-3H3. The molecule has 0 bridgehead atoms. The first-order chi connectivity index (χ1) is 7.19. The molecule has 3 nitrogen and oxygen atoms in total. The van der Waals surface area contributed by atoms with E-state index in [1.165, 1.54) is 12.8 Å². The van der Waals surface area contributed by atoms with Gasteiger partial charge < -0.3 is 10.1 Å². The molecule has 0 aromatic rings. The summed E-state index contributed by atoms with van der Waals surface area (Å²) >= 11 is 0. The van der Waals surface area contributed by atoms with Crippen LogP contribution >= 0.6 is 0 Å². The molecular weight excluding hydrogens is 190 g/mol. The summed E-state index contributed by atoms with van der Waals surface area (Å²) in [5.41, 5.74) is 0. The molecule has 0 amide bonds. The number of carbonyl (C=O) groups excluding carboxylic acids is 1. The summed E-state index contributed by atoms with van der Waals surface area (Å²) in [4.78, 5) is 11.7. The van der Waals surface area contributed by atoms with Gasteiger partial charge in [0.15, 0.2) is 0 Å². The molecule has 0 radical (unpaired) electrons. The summed E-state index contributed by atoms with van der Waals surface area (Å²) in [6.07, 6.45) is 4.83. The second-order valence-corrected chi connectivity index (χ2v) is 4.55. The summed E-state index contributed by atoms with van der Waals surface area (Å²) in [5, 5.41) is 3.10. The molecule has 1 aliphatic rings. The van der Waals surface area contributed by atoms with Gasteiger partial charge in [0.2, 0.25) is 0 Å². The summed E-state index contributed by atoms with van der Waals surface area (Å²) < 4.78 is 5.08. The lowest BCUT2D eigenvalue weighted by molar-refractivity contribution is -0.147. The van der Waals surface area contributed by atoms with E-state index in [1.807, 2.05) is 14.0 Å². The lowest BCUT2D eigenvalue weighted by Gasteiger charge is -2.31. The molecule has 0 aliphatic heterocycles. The lowest BCUT2D eigenvalue weighted by atomic mass is 9.78. The van der Waals surface area contributed by atoms with Crippen molar-refractivity contribution in [3.05, 3.63) is 0 Å².